The number of thioether (sulfide) groups is 1. The average molecular weight is 273 g/mol. The van der Waals surface area contributed by atoms with Gasteiger partial charge in [0, 0.05) is 11.7 Å². The zero-order chi connectivity index (χ0) is 13.1. The van der Waals surface area contributed by atoms with E-state index in [1.54, 1.807) is 11.8 Å². The second kappa shape index (κ2) is 5.78. The van der Waals surface area contributed by atoms with E-state index in [2.05, 4.69) is 46.4 Å². The molecule has 1 aromatic carbocycles. The maximum Gasteiger partial charge on any atom is 0.208 e. The van der Waals surface area contributed by atoms with Crippen molar-refractivity contribution >= 4 is 11.8 Å². The Hall–Kier alpha value is -1.29. The van der Waals surface area contributed by atoms with Gasteiger partial charge in [0.15, 0.2) is 0 Å². The summed E-state index contributed by atoms with van der Waals surface area (Å²) in [6.07, 6.45) is 5.18. The molecule has 3 nitrogen and oxygen atoms in total. The summed E-state index contributed by atoms with van der Waals surface area (Å²) in [6, 6.07) is 8.49. The summed E-state index contributed by atoms with van der Waals surface area (Å²) in [7, 11) is 0. The summed E-state index contributed by atoms with van der Waals surface area (Å²) in [6.45, 7) is 2.15. The summed E-state index contributed by atoms with van der Waals surface area (Å²) in [5.41, 5.74) is 2.70. The van der Waals surface area contributed by atoms with Crippen LogP contribution in [-0.2, 0) is 5.75 Å². The predicted octanol–water partition coefficient (Wildman–Crippen LogP) is 4.06. The third-order valence-electron chi connectivity index (χ3n) is 3.84. The van der Waals surface area contributed by atoms with Crippen molar-refractivity contribution in [2.24, 2.45) is 0 Å². The first-order chi connectivity index (χ1) is 9.33. The molecule has 0 aliphatic heterocycles. The Labute approximate surface area is 118 Å². The van der Waals surface area contributed by atoms with Gasteiger partial charge < -0.3 is 0 Å². The number of aryl methyl sites for hydroxylation is 1. The van der Waals surface area contributed by atoms with Gasteiger partial charge in [0.1, 0.15) is 5.82 Å². The van der Waals surface area contributed by atoms with Crippen molar-refractivity contribution in [2.45, 2.75) is 49.4 Å². The second-order valence-corrected chi connectivity index (χ2v) is 6.14. The summed E-state index contributed by atoms with van der Waals surface area (Å²) in [5.74, 6) is 2.64. The van der Waals surface area contributed by atoms with Gasteiger partial charge in [0.05, 0.1) is 0 Å². The Morgan fingerprint density at radius 1 is 1.26 bits per heavy atom. The van der Waals surface area contributed by atoms with Crippen molar-refractivity contribution in [3.8, 4) is 0 Å². The van der Waals surface area contributed by atoms with E-state index in [1.807, 2.05) is 0 Å². The fraction of sp³-hybridized carbons (Fsp3) is 0.467. The lowest BCUT2D eigenvalue weighted by Crippen LogP contribution is -1.94. The van der Waals surface area contributed by atoms with Gasteiger partial charge in [-0.15, -0.1) is 5.10 Å². The van der Waals surface area contributed by atoms with Crippen LogP contribution in [0.25, 0.3) is 0 Å². The molecule has 19 heavy (non-hydrogen) atoms. The smallest absolute Gasteiger partial charge is 0.208 e. The maximum absolute atomic E-state index is 4.63. The molecule has 0 radical (unpaired) electrons. The minimum absolute atomic E-state index is 0.611. The molecule has 0 unspecified atom stereocenters. The summed E-state index contributed by atoms with van der Waals surface area (Å²) < 4.78 is 0. The average Bonchev–Trinajstić information content (AvgIpc) is 3.09. The molecule has 1 aliphatic rings. The molecular formula is C15H19N3S. The molecule has 100 valence electrons. The van der Waals surface area contributed by atoms with Crippen LogP contribution in [0.1, 0.15) is 48.6 Å². The molecule has 1 aliphatic carbocycles. The molecule has 0 amide bonds. The van der Waals surface area contributed by atoms with E-state index < -0.39 is 0 Å². The van der Waals surface area contributed by atoms with Crippen LogP contribution in [0.4, 0.5) is 0 Å². The minimum atomic E-state index is 0.611. The van der Waals surface area contributed by atoms with Gasteiger partial charge in [-0.1, -0.05) is 48.9 Å². The van der Waals surface area contributed by atoms with Crippen LogP contribution in [-0.4, -0.2) is 15.2 Å². The van der Waals surface area contributed by atoms with Crippen LogP contribution in [0, 0.1) is 6.92 Å². The quantitative estimate of drug-likeness (QED) is 0.854. The molecule has 1 fully saturated rings. The number of aromatic nitrogens is 3. The molecule has 4 heteroatoms. The van der Waals surface area contributed by atoms with Crippen molar-refractivity contribution in [1.82, 2.24) is 15.2 Å². The maximum atomic E-state index is 4.63. The molecule has 0 saturated heterocycles. The highest BCUT2D eigenvalue weighted by atomic mass is 32.2. The highest BCUT2D eigenvalue weighted by molar-refractivity contribution is 7.98. The SMILES string of the molecule is Cc1ccccc1CSc1n[nH]c(C2CCCC2)n1. The van der Waals surface area contributed by atoms with E-state index in [-0.39, 0.29) is 0 Å². The molecule has 3 rings (SSSR count). The zero-order valence-electron chi connectivity index (χ0n) is 11.2. The Kier molecular flexibility index (Phi) is 3.87. The number of rotatable bonds is 4. The first kappa shape index (κ1) is 12.7. The van der Waals surface area contributed by atoms with Gasteiger partial charge >= 0.3 is 0 Å². The Morgan fingerprint density at radius 3 is 2.84 bits per heavy atom. The third kappa shape index (κ3) is 3.00. The summed E-state index contributed by atoms with van der Waals surface area (Å²) in [5, 5.41) is 8.33. The van der Waals surface area contributed by atoms with Crippen LogP contribution in [0.15, 0.2) is 29.4 Å². The minimum Gasteiger partial charge on any atom is -0.262 e. The van der Waals surface area contributed by atoms with Gasteiger partial charge in [0.25, 0.3) is 0 Å². The molecule has 0 atom stereocenters. The molecule has 2 aromatic rings. The van der Waals surface area contributed by atoms with Crippen LogP contribution >= 0.6 is 11.8 Å². The van der Waals surface area contributed by atoms with E-state index >= 15 is 0 Å². The molecular weight excluding hydrogens is 254 g/mol. The molecule has 1 saturated carbocycles. The lowest BCUT2D eigenvalue weighted by Gasteiger charge is -2.03. The largest absolute Gasteiger partial charge is 0.262 e. The van der Waals surface area contributed by atoms with Crippen LogP contribution in [0.3, 0.4) is 0 Å². The number of benzene rings is 1. The van der Waals surface area contributed by atoms with Crippen molar-refractivity contribution in [3.63, 3.8) is 0 Å². The fourth-order valence-corrected chi connectivity index (χ4v) is 3.50. The predicted molar refractivity (Wildman–Crippen MR) is 78.3 cm³/mol. The molecule has 0 bridgehead atoms. The van der Waals surface area contributed by atoms with E-state index in [0.29, 0.717) is 5.92 Å². The van der Waals surface area contributed by atoms with E-state index in [1.165, 1.54) is 36.8 Å². The number of nitrogens with one attached hydrogen (secondary N) is 1. The van der Waals surface area contributed by atoms with Crippen molar-refractivity contribution in [1.29, 1.82) is 0 Å². The van der Waals surface area contributed by atoms with Gasteiger partial charge in [-0.05, 0) is 30.9 Å². The van der Waals surface area contributed by atoms with Crippen LogP contribution in [0.2, 0.25) is 0 Å². The van der Waals surface area contributed by atoms with Crippen LogP contribution < -0.4 is 0 Å². The highest BCUT2D eigenvalue weighted by Crippen LogP contribution is 2.33. The lowest BCUT2D eigenvalue weighted by atomic mass is 10.1. The zero-order valence-corrected chi connectivity index (χ0v) is 12.0. The Morgan fingerprint density at radius 2 is 2.05 bits per heavy atom. The highest BCUT2D eigenvalue weighted by Gasteiger charge is 2.20. The monoisotopic (exact) mass is 273 g/mol. The first-order valence-corrected chi connectivity index (χ1v) is 7.91. The van der Waals surface area contributed by atoms with E-state index in [0.717, 1.165) is 16.7 Å². The fourth-order valence-electron chi connectivity index (χ4n) is 2.62. The summed E-state index contributed by atoms with van der Waals surface area (Å²) >= 11 is 1.71. The summed E-state index contributed by atoms with van der Waals surface area (Å²) in [4.78, 5) is 4.63. The number of aromatic amines is 1. The third-order valence-corrected chi connectivity index (χ3v) is 4.74. The number of H-pyrrole nitrogens is 1. The van der Waals surface area contributed by atoms with Gasteiger partial charge in [-0.25, -0.2) is 4.98 Å². The lowest BCUT2D eigenvalue weighted by molar-refractivity contribution is 0.671. The molecule has 1 aromatic heterocycles. The molecule has 1 N–H and O–H groups in total. The number of hydrogen-bond acceptors (Lipinski definition) is 3. The topological polar surface area (TPSA) is 41.6 Å². The Balaban J connectivity index is 1.63. The van der Waals surface area contributed by atoms with Crippen molar-refractivity contribution < 1.29 is 0 Å². The Bertz CT molecular complexity index is 544. The normalized spacial score (nSPS) is 16.1. The van der Waals surface area contributed by atoms with E-state index in [4.69, 9.17) is 0 Å². The number of hydrogen-bond donors (Lipinski definition) is 1. The standard InChI is InChI=1S/C15H19N3S/c1-11-6-2-3-9-13(11)10-19-15-16-14(17-18-15)12-7-4-5-8-12/h2-3,6,9,12H,4-5,7-8,10H2,1H3,(H,16,17,18). The molecule has 0 spiro atoms. The van der Waals surface area contributed by atoms with Gasteiger partial charge in [-0.3, -0.25) is 5.10 Å². The second-order valence-electron chi connectivity index (χ2n) is 5.20. The van der Waals surface area contributed by atoms with Crippen LogP contribution in [0.5, 0.6) is 0 Å². The first-order valence-electron chi connectivity index (χ1n) is 6.92. The van der Waals surface area contributed by atoms with Crippen molar-refractivity contribution in [3.05, 3.63) is 41.2 Å². The van der Waals surface area contributed by atoms with Gasteiger partial charge in [0.2, 0.25) is 5.16 Å². The number of nitrogens with zero attached hydrogens (tertiary/aromatic N) is 2. The van der Waals surface area contributed by atoms with E-state index in [9.17, 15) is 0 Å². The molecule has 1 heterocycles. The van der Waals surface area contributed by atoms with Gasteiger partial charge in [-0.2, -0.15) is 0 Å². The van der Waals surface area contributed by atoms with Crippen molar-refractivity contribution in [2.75, 3.05) is 0 Å².